The van der Waals surface area contributed by atoms with Gasteiger partial charge in [-0.1, -0.05) is 6.07 Å². The number of rotatable bonds is 9. The van der Waals surface area contributed by atoms with E-state index in [2.05, 4.69) is 5.32 Å². The van der Waals surface area contributed by atoms with Crippen LogP contribution in [0.3, 0.4) is 0 Å². The molecule has 0 spiro atoms. The standard InChI is InChI=1S/C13H21NO4/c1-16-7-5-14-10-11-3-4-12(17-2)13(9-11)18-8-6-15/h3-4,9,14-15H,5-8,10H2,1-2H3. The van der Waals surface area contributed by atoms with Crippen molar-refractivity contribution in [2.45, 2.75) is 6.54 Å². The second kappa shape index (κ2) is 8.74. The van der Waals surface area contributed by atoms with Crippen LogP contribution in [0.25, 0.3) is 0 Å². The van der Waals surface area contributed by atoms with E-state index < -0.39 is 0 Å². The third-order valence-corrected chi connectivity index (χ3v) is 2.39. The van der Waals surface area contributed by atoms with Gasteiger partial charge in [-0.3, -0.25) is 0 Å². The molecule has 5 heteroatoms. The van der Waals surface area contributed by atoms with Crippen LogP contribution < -0.4 is 14.8 Å². The monoisotopic (exact) mass is 255 g/mol. The average molecular weight is 255 g/mol. The maximum atomic E-state index is 8.77. The lowest BCUT2D eigenvalue weighted by Crippen LogP contribution is -2.18. The van der Waals surface area contributed by atoms with E-state index in [0.29, 0.717) is 18.1 Å². The predicted octanol–water partition coefficient (Wildman–Crippen LogP) is 0.802. The number of ether oxygens (including phenoxy) is 3. The van der Waals surface area contributed by atoms with E-state index in [1.807, 2.05) is 18.2 Å². The normalized spacial score (nSPS) is 10.4. The van der Waals surface area contributed by atoms with Gasteiger partial charge in [-0.15, -0.1) is 0 Å². The minimum atomic E-state index is -0.0144. The molecule has 0 heterocycles. The van der Waals surface area contributed by atoms with Crippen molar-refractivity contribution < 1.29 is 19.3 Å². The molecule has 1 aromatic carbocycles. The third kappa shape index (κ3) is 4.91. The van der Waals surface area contributed by atoms with Crippen LogP contribution in [-0.4, -0.2) is 45.7 Å². The molecule has 0 aliphatic heterocycles. The topological polar surface area (TPSA) is 60.0 Å². The van der Waals surface area contributed by atoms with Crippen LogP contribution in [0.15, 0.2) is 18.2 Å². The molecule has 0 aliphatic rings. The van der Waals surface area contributed by atoms with Crippen LogP contribution in [0, 0.1) is 0 Å². The Morgan fingerprint density at radius 2 is 2.00 bits per heavy atom. The molecule has 0 aromatic heterocycles. The summed E-state index contributed by atoms with van der Waals surface area (Å²) in [6.07, 6.45) is 0. The highest BCUT2D eigenvalue weighted by Crippen LogP contribution is 2.27. The number of aliphatic hydroxyl groups excluding tert-OH is 1. The molecule has 1 rings (SSSR count). The van der Waals surface area contributed by atoms with Crippen molar-refractivity contribution in [3.05, 3.63) is 23.8 Å². The Hall–Kier alpha value is -1.30. The first kappa shape index (κ1) is 14.8. The summed E-state index contributed by atoms with van der Waals surface area (Å²) in [5.74, 6) is 1.32. The summed E-state index contributed by atoms with van der Waals surface area (Å²) in [6, 6.07) is 5.75. The predicted molar refractivity (Wildman–Crippen MR) is 69.2 cm³/mol. The van der Waals surface area contributed by atoms with Crippen molar-refractivity contribution in [3.8, 4) is 11.5 Å². The zero-order valence-electron chi connectivity index (χ0n) is 10.9. The molecular formula is C13H21NO4. The first-order valence-corrected chi connectivity index (χ1v) is 5.92. The van der Waals surface area contributed by atoms with Crippen LogP contribution in [0.1, 0.15) is 5.56 Å². The average Bonchev–Trinajstić information content (AvgIpc) is 2.41. The third-order valence-electron chi connectivity index (χ3n) is 2.39. The summed E-state index contributed by atoms with van der Waals surface area (Å²) in [4.78, 5) is 0. The summed E-state index contributed by atoms with van der Waals surface area (Å²) in [6.45, 7) is 2.47. The molecule has 1 aromatic rings. The highest BCUT2D eigenvalue weighted by molar-refractivity contribution is 5.42. The van der Waals surface area contributed by atoms with Gasteiger partial charge in [-0.05, 0) is 17.7 Å². The first-order valence-electron chi connectivity index (χ1n) is 5.92. The SMILES string of the molecule is COCCNCc1ccc(OC)c(OCCO)c1. The van der Waals surface area contributed by atoms with Gasteiger partial charge < -0.3 is 24.6 Å². The Bertz CT molecular complexity index is 344. The molecule has 5 nitrogen and oxygen atoms in total. The maximum Gasteiger partial charge on any atom is 0.161 e. The molecule has 0 radical (unpaired) electrons. The molecule has 0 fully saturated rings. The van der Waals surface area contributed by atoms with E-state index in [0.717, 1.165) is 18.7 Å². The summed E-state index contributed by atoms with van der Waals surface area (Å²) in [5, 5.41) is 12.0. The fourth-order valence-corrected chi connectivity index (χ4v) is 1.51. The molecular weight excluding hydrogens is 234 g/mol. The van der Waals surface area contributed by atoms with Crippen molar-refractivity contribution in [1.82, 2.24) is 5.32 Å². The number of aliphatic hydroxyl groups is 1. The fourth-order valence-electron chi connectivity index (χ4n) is 1.51. The van der Waals surface area contributed by atoms with E-state index >= 15 is 0 Å². The van der Waals surface area contributed by atoms with Crippen LogP contribution in [0.2, 0.25) is 0 Å². The van der Waals surface area contributed by atoms with Crippen molar-refractivity contribution in [3.63, 3.8) is 0 Å². The van der Waals surface area contributed by atoms with E-state index in [1.54, 1.807) is 14.2 Å². The van der Waals surface area contributed by atoms with Crippen LogP contribution in [-0.2, 0) is 11.3 Å². The van der Waals surface area contributed by atoms with Gasteiger partial charge >= 0.3 is 0 Å². The van der Waals surface area contributed by atoms with Gasteiger partial charge in [0.05, 0.1) is 20.3 Å². The van der Waals surface area contributed by atoms with Crippen molar-refractivity contribution in [2.75, 3.05) is 40.6 Å². The lowest BCUT2D eigenvalue weighted by atomic mass is 10.2. The summed E-state index contributed by atoms with van der Waals surface area (Å²) in [5.41, 5.74) is 1.10. The molecule has 0 aliphatic carbocycles. The molecule has 0 saturated carbocycles. The van der Waals surface area contributed by atoms with Gasteiger partial charge in [-0.2, -0.15) is 0 Å². The van der Waals surface area contributed by atoms with Gasteiger partial charge in [0.2, 0.25) is 0 Å². The number of hydrogen-bond acceptors (Lipinski definition) is 5. The van der Waals surface area contributed by atoms with Gasteiger partial charge in [0, 0.05) is 20.2 Å². The zero-order chi connectivity index (χ0) is 13.2. The number of hydrogen-bond donors (Lipinski definition) is 2. The van der Waals surface area contributed by atoms with E-state index in [-0.39, 0.29) is 13.2 Å². The number of nitrogens with one attached hydrogen (secondary N) is 1. The molecule has 0 unspecified atom stereocenters. The maximum absolute atomic E-state index is 8.77. The van der Waals surface area contributed by atoms with E-state index in [1.165, 1.54) is 0 Å². The molecule has 18 heavy (non-hydrogen) atoms. The Kier molecular flexibility index (Phi) is 7.17. The van der Waals surface area contributed by atoms with Gasteiger partial charge in [0.15, 0.2) is 11.5 Å². The van der Waals surface area contributed by atoms with E-state index in [9.17, 15) is 0 Å². The van der Waals surface area contributed by atoms with E-state index in [4.69, 9.17) is 19.3 Å². The molecule has 0 atom stereocenters. The first-order chi connectivity index (χ1) is 8.81. The minimum Gasteiger partial charge on any atom is -0.493 e. The Morgan fingerprint density at radius 3 is 2.67 bits per heavy atom. The van der Waals surface area contributed by atoms with Gasteiger partial charge in [-0.25, -0.2) is 0 Å². The summed E-state index contributed by atoms with van der Waals surface area (Å²) >= 11 is 0. The highest BCUT2D eigenvalue weighted by Gasteiger charge is 2.05. The highest BCUT2D eigenvalue weighted by atomic mass is 16.5. The van der Waals surface area contributed by atoms with Crippen LogP contribution in [0.5, 0.6) is 11.5 Å². The second-order valence-corrected chi connectivity index (χ2v) is 3.73. The van der Waals surface area contributed by atoms with Gasteiger partial charge in [0.25, 0.3) is 0 Å². The van der Waals surface area contributed by atoms with Crippen molar-refractivity contribution in [1.29, 1.82) is 0 Å². The summed E-state index contributed by atoms with van der Waals surface area (Å²) < 4.78 is 15.6. The zero-order valence-corrected chi connectivity index (χ0v) is 10.9. The lowest BCUT2D eigenvalue weighted by molar-refractivity contribution is 0.196. The quantitative estimate of drug-likeness (QED) is 0.639. The Labute approximate surface area is 108 Å². The second-order valence-electron chi connectivity index (χ2n) is 3.73. The Morgan fingerprint density at radius 1 is 1.17 bits per heavy atom. The van der Waals surface area contributed by atoms with Crippen molar-refractivity contribution in [2.24, 2.45) is 0 Å². The van der Waals surface area contributed by atoms with Crippen LogP contribution in [0.4, 0.5) is 0 Å². The minimum absolute atomic E-state index is 0.0144. The lowest BCUT2D eigenvalue weighted by Gasteiger charge is -2.12. The van der Waals surface area contributed by atoms with Crippen molar-refractivity contribution >= 4 is 0 Å². The largest absolute Gasteiger partial charge is 0.493 e. The number of benzene rings is 1. The molecule has 102 valence electrons. The molecule has 0 amide bonds. The Balaban J connectivity index is 2.57. The smallest absolute Gasteiger partial charge is 0.161 e. The fraction of sp³-hybridized carbons (Fsp3) is 0.538. The summed E-state index contributed by atoms with van der Waals surface area (Å²) in [7, 11) is 3.27. The molecule has 0 bridgehead atoms. The molecule has 0 saturated heterocycles. The number of methoxy groups -OCH3 is 2. The molecule has 2 N–H and O–H groups in total. The van der Waals surface area contributed by atoms with Crippen LogP contribution >= 0.6 is 0 Å². The van der Waals surface area contributed by atoms with Gasteiger partial charge in [0.1, 0.15) is 6.61 Å².